The highest BCUT2D eigenvalue weighted by Gasteiger charge is 2.22. The molecule has 12 heavy (non-hydrogen) atoms. The Bertz CT molecular complexity index is 256. The largest absolute Gasteiger partial charge is 0.485 e. The maximum Gasteiger partial charge on any atom is 0.373 e. The number of hydrogen-bond acceptors (Lipinski definition) is 3. The van der Waals surface area contributed by atoms with E-state index in [2.05, 4.69) is 5.32 Å². The van der Waals surface area contributed by atoms with Crippen molar-refractivity contribution >= 4 is 11.9 Å². The summed E-state index contributed by atoms with van der Waals surface area (Å²) in [6.07, 6.45) is 0.446. The number of carboxylic acids is 1. The molecule has 0 fully saturated rings. The molecule has 0 aromatic carbocycles. The first kappa shape index (κ1) is 8.58. The van der Waals surface area contributed by atoms with Crippen molar-refractivity contribution in [2.45, 2.75) is 13.3 Å². The summed E-state index contributed by atoms with van der Waals surface area (Å²) < 4.78 is 4.79. The Kier molecular flexibility index (Phi) is 2.32. The SMILES string of the molecule is CC(=O)NC1=C(C(=O)O)OCC1. The molecule has 0 spiro atoms. The van der Waals surface area contributed by atoms with Gasteiger partial charge in [-0.15, -0.1) is 0 Å². The molecule has 1 aliphatic rings. The zero-order valence-electron chi connectivity index (χ0n) is 6.59. The van der Waals surface area contributed by atoms with Gasteiger partial charge in [-0.1, -0.05) is 0 Å². The van der Waals surface area contributed by atoms with Crippen LogP contribution in [-0.2, 0) is 14.3 Å². The second-order valence-corrected chi connectivity index (χ2v) is 2.39. The fraction of sp³-hybridized carbons (Fsp3) is 0.429. The lowest BCUT2D eigenvalue weighted by molar-refractivity contribution is -0.136. The van der Waals surface area contributed by atoms with Crippen LogP contribution in [0, 0.1) is 0 Å². The molecule has 0 saturated heterocycles. The van der Waals surface area contributed by atoms with E-state index in [4.69, 9.17) is 9.84 Å². The lowest BCUT2D eigenvalue weighted by Gasteiger charge is -2.00. The van der Waals surface area contributed by atoms with Gasteiger partial charge in [-0.05, 0) is 0 Å². The van der Waals surface area contributed by atoms with E-state index in [0.717, 1.165) is 0 Å². The minimum Gasteiger partial charge on any atom is -0.485 e. The number of ether oxygens (including phenoxy) is 1. The van der Waals surface area contributed by atoms with E-state index in [0.29, 0.717) is 18.7 Å². The van der Waals surface area contributed by atoms with Crippen LogP contribution in [0.25, 0.3) is 0 Å². The number of nitrogens with one attached hydrogen (secondary N) is 1. The van der Waals surface area contributed by atoms with Crippen molar-refractivity contribution in [1.82, 2.24) is 5.32 Å². The first-order valence-corrected chi connectivity index (χ1v) is 3.48. The van der Waals surface area contributed by atoms with E-state index < -0.39 is 5.97 Å². The third-order valence-corrected chi connectivity index (χ3v) is 1.39. The summed E-state index contributed by atoms with van der Waals surface area (Å²) >= 11 is 0. The molecule has 0 radical (unpaired) electrons. The summed E-state index contributed by atoms with van der Waals surface area (Å²) in [4.78, 5) is 21.0. The van der Waals surface area contributed by atoms with Crippen molar-refractivity contribution in [1.29, 1.82) is 0 Å². The molecule has 0 bridgehead atoms. The summed E-state index contributed by atoms with van der Waals surface area (Å²) in [7, 11) is 0. The lowest BCUT2D eigenvalue weighted by Crippen LogP contribution is -2.20. The van der Waals surface area contributed by atoms with Crippen LogP contribution in [-0.4, -0.2) is 23.6 Å². The summed E-state index contributed by atoms with van der Waals surface area (Å²) in [5.74, 6) is -1.57. The van der Waals surface area contributed by atoms with Gasteiger partial charge < -0.3 is 15.2 Å². The van der Waals surface area contributed by atoms with E-state index in [-0.39, 0.29) is 11.7 Å². The van der Waals surface area contributed by atoms with E-state index in [9.17, 15) is 9.59 Å². The number of amides is 1. The molecule has 0 atom stereocenters. The molecule has 66 valence electrons. The average Bonchev–Trinajstić information content (AvgIpc) is 2.33. The zero-order chi connectivity index (χ0) is 9.14. The van der Waals surface area contributed by atoms with E-state index in [1.54, 1.807) is 0 Å². The highest BCUT2D eigenvalue weighted by molar-refractivity contribution is 5.87. The van der Waals surface area contributed by atoms with Gasteiger partial charge in [0.25, 0.3) is 0 Å². The number of aliphatic carboxylic acids is 1. The summed E-state index contributed by atoms with van der Waals surface area (Å²) in [6, 6.07) is 0. The van der Waals surface area contributed by atoms with Crippen LogP contribution in [0.5, 0.6) is 0 Å². The molecule has 0 aromatic rings. The first-order valence-electron chi connectivity index (χ1n) is 3.48. The van der Waals surface area contributed by atoms with E-state index >= 15 is 0 Å². The molecule has 0 aromatic heterocycles. The Labute approximate surface area is 69.0 Å². The van der Waals surface area contributed by atoms with Gasteiger partial charge in [0.1, 0.15) is 0 Å². The molecule has 1 amide bonds. The standard InChI is InChI=1S/C7H9NO4/c1-4(9)8-5-2-3-12-6(5)7(10)11/h2-3H2,1H3,(H,8,9)(H,10,11). The maximum absolute atomic E-state index is 10.6. The molecule has 0 unspecified atom stereocenters. The third-order valence-electron chi connectivity index (χ3n) is 1.39. The van der Waals surface area contributed by atoms with Crippen molar-refractivity contribution in [2.24, 2.45) is 0 Å². The predicted molar refractivity (Wildman–Crippen MR) is 39.0 cm³/mol. The first-order chi connectivity index (χ1) is 5.61. The van der Waals surface area contributed by atoms with Crippen LogP contribution in [0.1, 0.15) is 13.3 Å². The summed E-state index contributed by atoms with van der Waals surface area (Å²) in [5, 5.41) is 11.0. The van der Waals surface area contributed by atoms with Crippen molar-refractivity contribution in [3.8, 4) is 0 Å². The number of carbonyl (C=O) groups is 2. The fourth-order valence-electron chi connectivity index (χ4n) is 0.978. The van der Waals surface area contributed by atoms with Gasteiger partial charge in [0.15, 0.2) is 0 Å². The average molecular weight is 171 g/mol. The highest BCUT2D eigenvalue weighted by Crippen LogP contribution is 2.16. The van der Waals surface area contributed by atoms with Crippen LogP contribution < -0.4 is 5.32 Å². The monoisotopic (exact) mass is 171 g/mol. The Morgan fingerprint density at radius 2 is 2.25 bits per heavy atom. The Balaban J connectivity index is 2.76. The van der Waals surface area contributed by atoms with Crippen molar-refractivity contribution in [3.05, 3.63) is 11.5 Å². The molecule has 1 heterocycles. The van der Waals surface area contributed by atoms with Crippen LogP contribution in [0.3, 0.4) is 0 Å². The normalized spacial score (nSPS) is 15.8. The predicted octanol–water partition coefficient (Wildman–Crippen LogP) is -0.161. The van der Waals surface area contributed by atoms with Gasteiger partial charge >= 0.3 is 5.97 Å². The molecule has 5 nitrogen and oxygen atoms in total. The van der Waals surface area contributed by atoms with Gasteiger partial charge in [-0.2, -0.15) is 0 Å². The smallest absolute Gasteiger partial charge is 0.373 e. The lowest BCUT2D eigenvalue weighted by atomic mass is 10.3. The molecule has 1 rings (SSSR count). The van der Waals surface area contributed by atoms with Gasteiger partial charge in [0, 0.05) is 13.3 Å². The van der Waals surface area contributed by atoms with Crippen LogP contribution in [0.2, 0.25) is 0 Å². The highest BCUT2D eigenvalue weighted by atomic mass is 16.5. The summed E-state index contributed by atoms with van der Waals surface area (Å²) in [5.41, 5.74) is 0.356. The molecule has 0 saturated carbocycles. The molecular weight excluding hydrogens is 162 g/mol. The van der Waals surface area contributed by atoms with Crippen LogP contribution >= 0.6 is 0 Å². The zero-order valence-corrected chi connectivity index (χ0v) is 6.59. The van der Waals surface area contributed by atoms with Gasteiger partial charge in [-0.25, -0.2) is 4.79 Å². The minimum absolute atomic E-state index is 0.148. The second-order valence-electron chi connectivity index (χ2n) is 2.39. The van der Waals surface area contributed by atoms with Crippen molar-refractivity contribution in [3.63, 3.8) is 0 Å². The van der Waals surface area contributed by atoms with Crippen LogP contribution in [0.4, 0.5) is 0 Å². The number of hydrogen-bond donors (Lipinski definition) is 2. The third kappa shape index (κ3) is 1.75. The Hall–Kier alpha value is -1.52. The fourth-order valence-corrected chi connectivity index (χ4v) is 0.978. The number of rotatable bonds is 2. The quantitative estimate of drug-likeness (QED) is 0.605. The van der Waals surface area contributed by atoms with Crippen LogP contribution in [0.15, 0.2) is 11.5 Å². The molecular formula is C7H9NO4. The Morgan fingerprint density at radius 3 is 2.75 bits per heavy atom. The molecule has 5 heteroatoms. The van der Waals surface area contributed by atoms with Gasteiger partial charge in [0.2, 0.25) is 11.7 Å². The maximum atomic E-state index is 10.6. The van der Waals surface area contributed by atoms with E-state index in [1.807, 2.05) is 0 Å². The van der Waals surface area contributed by atoms with Crippen molar-refractivity contribution in [2.75, 3.05) is 6.61 Å². The van der Waals surface area contributed by atoms with Crippen molar-refractivity contribution < 1.29 is 19.4 Å². The topological polar surface area (TPSA) is 75.6 Å². The summed E-state index contributed by atoms with van der Waals surface area (Å²) in [6.45, 7) is 1.64. The molecule has 0 aliphatic carbocycles. The second kappa shape index (κ2) is 3.25. The minimum atomic E-state index is -1.14. The number of carbonyl (C=O) groups excluding carboxylic acids is 1. The van der Waals surface area contributed by atoms with E-state index in [1.165, 1.54) is 6.92 Å². The Morgan fingerprint density at radius 1 is 1.58 bits per heavy atom. The number of carboxylic acid groups (broad SMARTS) is 1. The van der Waals surface area contributed by atoms with Gasteiger partial charge in [0.05, 0.1) is 12.3 Å². The van der Waals surface area contributed by atoms with Gasteiger partial charge in [-0.3, -0.25) is 4.79 Å². The molecule has 1 aliphatic heterocycles. The molecule has 2 N–H and O–H groups in total.